The Hall–Kier alpha value is -3.23. The summed E-state index contributed by atoms with van der Waals surface area (Å²) in [6.45, 7) is -0.0160. The highest BCUT2D eigenvalue weighted by atomic mass is 16.6. The lowest BCUT2D eigenvalue weighted by molar-refractivity contribution is -0.384. The molecule has 1 heterocycles. The number of rotatable bonds is 5. The SMILES string of the molecule is COC(=O)CCNC(=O)c1cc2cc([N+](=O)[O-])ccc2oc1=O. The lowest BCUT2D eigenvalue weighted by atomic mass is 10.1. The number of fused-ring (bicyclic) bond motifs is 1. The monoisotopic (exact) mass is 320 g/mol. The molecule has 0 atom stereocenters. The zero-order valence-electron chi connectivity index (χ0n) is 12.0. The summed E-state index contributed by atoms with van der Waals surface area (Å²) < 4.78 is 9.39. The molecule has 9 nitrogen and oxygen atoms in total. The van der Waals surface area contributed by atoms with E-state index in [4.69, 9.17) is 4.42 Å². The Kier molecular flexibility index (Phi) is 4.69. The maximum Gasteiger partial charge on any atom is 0.349 e. The molecule has 23 heavy (non-hydrogen) atoms. The molecule has 0 bridgehead atoms. The number of nitro groups is 1. The number of benzene rings is 1. The van der Waals surface area contributed by atoms with Crippen molar-refractivity contribution in [2.24, 2.45) is 0 Å². The third-order valence-electron chi connectivity index (χ3n) is 3.01. The van der Waals surface area contributed by atoms with Gasteiger partial charge in [0.15, 0.2) is 0 Å². The average molecular weight is 320 g/mol. The molecular weight excluding hydrogens is 308 g/mol. The van der Waals surface area contributed by atoms with E-state index in [0.29, 0.717) is 0 Å². The van der Waals surface area contributed by atoms with Crippen molar-refractivity contribution in [1.29, 1.82) is 0 Å². The highest BCUT2D eigenvalue weighted by Gasteiger charge is 2.15. The summed E-state index contributed by atoms with van der Waals surface area (Å²) in [5.41, 5.74) is -1.24. The van der Waals surface area contributed by atoms with Crippen LogP contribution in [-0.2, 0) is 9.53 Å². The molecule has 0 fully saturated rings. The number of hydrogen-bond acceptors (Lipinski definition) is 7. The van der Waals surface area contributed by atoms with Gasteiger partial charge < -0.3 is 14.5 Å². The summed E-state index contributed by atoms with van der Waals surface area (Å²) in [7, 11) is 1.22. The Morgan fingerprint density at radius 2 is 2.09 bits per heavy atom. The molecule has 1 aromatic heterocycles. The standard InChI is InChI=1S/C14H12N2O7/c1-22-12(17)4-5-15-13(18)10-7-8-6-9(16(20)21)2-3-11(8)23-14(10)19/h2-3,6-7H,4-5H2,1H3,(H,15,18). The number of non-ortho nitro benzene ring substituents is 1. The van der Waals surface area contributed by atoms with Gasteiger partial charge in [-0.05, 0) is 12.1 Å². The zero-order valence-corrected chi connectivity index (χ0v) is 12.0. The number of methoxy groups -OCH3 is 1. The van der Waals surface area contributed by atoms with Crippen LogP contribution < -0.4 is 10.9 Å². The van der Waals surface area contributed by atoms with Crippen LogP contribution in [0.2, 0.25) is 0 Å². The minimum atomic E-state index is -0.873. The van der Waals surface area contributed by atoms with Crippen LogP contribution in [-0.4, -0.2) is 30.5 Å². The van der Waals surface area contributed by atoms with Crippen molar-refractivity contribution in [2.45, 2.75) is 6.42 Å². The number of amides is 1. The van der Waals surface area contributed by atoms with Crippen molar-refractivity contribution in [2.75, 3.05) is 13.7 Å². The van der Waals surface area contributed by atoms with Gasteiger partial charge in [0, 0.05) is 24.1 Å². The second-order valence-corrected chi connectivity index (χ2v) is 4.51. The van der Waals surface area contributed by atoms with Gasteiger partial charge in [-0.25, -0.2) is 4.79 Å². The number of nitro benzene ring substituents is 1. The molecule has 120 valence electrons. The van der Waals surface area contributed by atoms with Crippen LogP contribution in [0, 0.1) is 10.1 Å². The van der Waals surface area contributed by atoms with E-state index >= 15 is 0 Å². The highest BCUT2D eigenvalue weighted by Crippen LogP contribution is 2.20. The van der Waals surface area contributed by atoms with Gasteiger partial charge in [-0.2, -0.15) is 0 Å². The van der Waals surface area contributed by atoms with Gasteiger partial charge in [-0.3, -0.25) is 19.7 Å². The van der Waals surface area contributed by atoms with Crippen molar-refractivity contribution < 1.29 is 23.7 Å². The molecule has 0 spiro atoms. The first kappa shape index (κ1) is 16.1. The Bertz CT molecular complexity index is 841. The van der Waals surface area contributed by atoms with Gasteiger partial charge in [0.05, 0.1) is 18.5 Å². The summed E-state index contributed by atoms with van der Waals surface area (Å²) in [5, 5.41) is 13.4. The van der Waals surface area contributed by atoms with E-state index in [1.807, 2.05) is 0 Å². The van der Waals surface area contributed by atoms with Gasteiger partial charge >= 0.3 is 11.6 Å². The van der Waals surface area contributed by atoms with Crippen molar-refractivity contribution in [3.05, 3.63) is 50.4 Å². The van der Waals surface area contributed by atoms with E-state index in [-0.39, 0.29) is 35.2 Å². The van der Waals surface area contributed by atoms with Gasteiger partial charge in [-0.15, -0.1) is 0 Å². The number of esters is 1. The normalized spacial score (nSPS) is 10.3. The maximum atomic E-state index is 11.9. The number of hydrogen-bond donors (Lipinski definition) is 1. The van der Waals surface area contributed by atoms with E-state index in [1.54, 1.807) is 0 Å². The minimum absolute atomic E-state index is 0.0160. The van der Waals surface area contributed by atoms with Crippen LogP contribution in [0.4, 0.5) is 5.69 Å². The fourth-order valence-corrected chi connectivity index (χ4v) is 1.86. The molecule has 1 N–H and O–H groups in total. The van der Waals surface area contributed by atoms with E-state index < -0.39 is 22.4 Å². The van der Waals surface area contributed by atoms with Crippen molar-refractivity contribution in [3.63, 3.8) is 0 Å². The molecule has 0 saturated heterocycles. The van der Waals surface area contributed by atoms with Crippen LogP contribution >= 0.6 is 0 Å². The molecule has 1 aromatic carbocycles. The molecule has 0 saturated carbocycles. The summed E-state index contributed by atoms with van der Waals surface area (Å²) in [5.74, 6) is -1.25. The van der Waals surface area contributed by atoms with E-state index in [1.165, 1.54) is 31.4 Å². The molecule has 0 radical (unpaired) electrons. The van der Waals surface area contributed by atoms with Crippen LogP contribution in [0.5, 0.6) is 0 Å². The van der Waals surface area contributed by atoms with E-state index in [2.05, 4.69) is 10.1 Å². The molecule has 0 aliphatic heterocycles. The van der Waals surface area contributed by atoms with Crippen LogP contribution in [0.1, 0.15) is 16.8 Å². The summed E-state index contributed by atoms with van der Waals surface area (Å²) in [6.07, 6.45) is -0.0490. The Morgan fingerprint density at radius 1 is 1.35 bits per heavy atom. The van der Waals surface area contributed by atoms with E-state index in [0.717, 1.165) is 0 Å². The molecule has 1 amide bonds. The average Bonchev–Trinajstić information content (AvgIpc) is 2.53. The van der Waals surface area contributed by atoms with Gasteiger partial charge in [0.2, 0.25) is 0 Å². The van der Waals surface area contributed by atoms with Gasteiger partial charge in [0.1, 0.15) is 11.1 Å². The van der Waals surface area contributed by atoms with Gasteiger partial charge in [-0.1, -0.05) is 0 Å². The second-order valence-electron chi connectivity index (χ2n) is 4.51. The van der Waals surface area contributed by atoms with Crippen LogP contribution in [0.15, 0.2) is 33.5 Å². The zero-order chi connectivity index (χ0) is 17.0. The number of nitrogens with one attached hydrogen (secondary N) is 1. The van der Waals surface area contributed by atoms with Crippen LogP contribution in [0.25, 0.3) is 11.0 Å². The molecular formula is C14H12N2O7. The van der Waals surface area contributed by atoms with Crippen LogP contribution in [0.3, 0.4) is 0 Å². The Labute approximate surface area is 129 Å². The quantitative estimate of drug-likeness (QED) is 0.376. The topological polar surface area (TPSA) is 129 Å². The fraction of sp³-hybridized carbons (Fsp3) is 0.214. The lowest BCUT2D eigenvalue weighted by Gasteiger charge is -2.04. The van der Waals surface area contributed by atoms with Crippen molar-refractivity contribution in [3.8, 4) is 0 Å². The maximum absolute atomic E-state index is 11.9. The third-order valence-corrected chi connectivity index (χ3v) is 3.01. The molecule has 2 rings (SSSR count). The van der Waals surface area contributed by atoms with Crippen molar-refractivity contribution >= 4 is 28.5 Å². The number of carbonyl (C=O) groups excluding carboxylic acids is 2. The Balaban J connectivity index is 2.27. The summed E-state index contributed by atoms with van der Waals surface area (Å²) >= 11 is 0. The highest BCUT2D eigenvalue weighted by molar-refractivity contribution is 5.97. The lowest BCUT2D eigenvalue weighted by Crippen LogP contribution is -2.30. The predicted molar refractivity (Wildman–Crippen MR) is 78.1 cm³/mol. The Morgan fingerprint density at radius 3 is 2.74 bits per heavy atom. The third kappa shape index (κ3) is 3.70. The van der Waals surface area contributed by atoms with Crippen molar-refractivity contribution in [1.82, 2.24) is 5.32 Å². The first-order valence-electron chi connectivity index (χ1n) is 6.49. The number of carbonyl (C=O) groups is 2. The smallest absolute Gasteiger partial charge is 0.349 e. The largest absolute Gasteiger partial charge is 0.469 e. The fourth-order valence-electron chi connectivity index (χ4n) is 1.86. The molecule has 2 aromatic rings. The molecule has 0 unspecified atom stereocenters. The number of nitrogens with zero attached hydrogens (tertiary/aromatic N) is 1. The number of ether oxygens (including phenoxy) is 1. The predicted octanol–water partition coefficient (Wildman–Crippen LogP) is 0.994. The summed E-state index contributed by atoms with van der Waals surface area (Å²) in [6, 6.07) is 4.89. The molecule has 0 aliphatic carbocycles. The van der Waals surface area contributed by atoms with Gasteiger partial charge in [0.25, 0.3) is 11.6 Å². The molecule has 0 aliphatic rings. The summed E-state index contributed by atoms with van der Waals surface area (Å²) in [4.78, 5) is 44.8. The van der Waals surface area contributed by atoms with E-state index in [9.17, 15) is 24.5 Å². The first-order valence-corrected chi connectivity index (χ1v) is 6.49. The second kappa shape index (κ2) is 6.69. The minimum Gasteiger partial charge on any atom is -0.469 e. The molecule has 9 heteroatoms. The first-order chi connectivity index (χ1) is 10.9.